The lowest BCUT2D eigenvalue weighted by Gasteiger charge is -2.37. The van der Waals surface area contributed by atoms with Gasteiger partial charge in [-0.3, -0.25) is 43.2 Å². The van der Waals surface area contributed by atoms with Gasteiger partial charge >= 0.3 is 18.9 Å². The number of alkyl halides is 2. The molecule has 7 fully saturated rings. The van der Waals surface area contributed by atoms with Gasteiger partial charge in [-0.05, 0) is 136 Å². The number of benzene rings is 2. The highest BCUT2D eigenvalue weighted by Gasteiger charge is 2.59. The third-order valence-corrected chi connectivity index (χ3v) is 19.0. The number of imide groups is 1. The number of aromatic nitrogens is 3. The van der Waals surface area contributed by atoms with Crippen molar-refractivity contribution in [2.45, 2.75) is 124 Å². The molecule has 2 saturated carbocycles. The number of halogens is 2. The molecule has 8 heterocycles. The molecular formula is C50H53F2N8O10PS. The Kier molecular flexibility index (Phi) is 11.1. The topological polar surface area (TPSA) is 236 Å². The zero-order chi connectivity index (χ0) is 50.2. The van der Waals surface area contributed by atoms with Gasteiger partial charge in [-0.25, -0.2) is 4.79 Å². The van der Waals surface area contributed by atoms with Crippen molar-refractivity contribution in [3.63, 3.8) is 0 Å². The highest BCUT2D eigenvalue weighted by Crippen LogP contribution is 2.60. The van der Waals surface area contributed by atoms with Crippen molar-refractivity contribution in [2.75, 3.05) is 24.5 Å². The van der Waals surface area contributed by atoms with Gasteiger partial charge in [-0.15, -0.1) is 11.3 Å². The molecule has 2 aliphatic carbocycles. The minimum absolute atomic E-state index is 0.0292. The SMILES string of the molecule is O=C1CCC(n2c(=O)[nH]c3cc(N4CCC(n5ccc([C@@H]6CN(C(=O)[C@@H]7CC[C@@H]8C[C@H]9C[C@H]9C[C@H](NC(=O)c9cc%10cc(C(F)(F)P(=O)(O)O)ccc%10s9)C(=O)N87)C7(CC7)C6)cc5=O)CC4)ccc32)C(=O)N1. The van der Waals surface area contributed by atoms with E-state index in [1.165, 1.54) is 16.7 Å². The first-order valence-electron chi connectivity index (χ1n) is 24.8. The van der Waals surface area contributed by atoms with Crippen LogP contribution in [0.25, 0.3) is 21.1 Å². The molecule has 12 rings (SSSR count). The fraction of sp³-hybridized carbons (Fsp3) is 0.500. The van der Waals surface area contributed by atoms with Crippen LogP contribution in [0, 0.1) is 11.8 Å². The number of amides is 5. The van der Waals surface area contributed by atoms with Gasteiger partial charge in [0.1, 0.15) is 18.1 Å². The van der Waals surface area contributed by atoms with Crippen LogP contribution in [0.4, 0.5) is 14.5 Å². The first kappa shape index (κ1) is 47.0. The number of rotatable bonds is 9. The van der Waals surface area contributed by atoms with Crippen LogP contribution in [0.3, 0.4) is 0 Å². The van der Waals surface area contributed by atoms with Crippen LogP contribution < -0.4 is 26.8 Å². The highest BCUT2D eigenvalue weighted by molar-refractivity contribution is 7.52. The average Bonchev–Trinajstić information content (AvgIpc) is 4.00. The van der Waals surface area contributed by atoms with E-state index in [1.54, 1.807) is 15.5 Å². The number of nitrogens with zero attached hydrogens (tertiary/aromatic N) is 5. The van der Waals surface area contributed by atoms with E-state index in [0.717, 1.165) is 60.4 Å². The lowest BCUT2D eigenvalue weighted by molar-refractivity contribution is -0.148. The Bertz CT molecular complexity index is 3300. The van der Waals surface area contributed by atoms with E-state index in [4.69, 9.17) is 0 Å². The Labute approximate surface area is 413 Å². The number of carbonyl (C=O) groups excluding carboxylic acids is 5. The van der Waals surface area contributed by atoms with Gasteiger partial charge in [0.05, 0.1) is 15.9 Å². The van der Waals surface area contributed by atoms with Crippen molar-refractivity contribution in [3.05, 3.63) is 97.6 Å². The minimum Gasteiger partial charge on any atom is -0.371 e. The summed E-state index contributed by atoms with van der Waals surface area (Å²) in [5.74, 6) is -1.27. The van der Waals surface area contributed by atoms with Crippen LogP contribution in [0.1, 0.15) is 116 Å². The first-order valence-corrected chi connectivity index (χ1v) is 27.3. The van der Waals surface area contributed by atoms with Gasteiger partial charge in [-0.1, -0.05) is 6.07 Å². The maximum absolute atomic E-state index is 14.8. The molecule has 0 bridgehead atoms. The number of thiophene rings is 1. The number of nitrogens with one attached hydrogen (secondary N) is 3. The molecule has 22 heteroatoms. The second-order valence-electron chi connectivity index (χ2n) is 21.2. The molecule has 5 aromatic rings. The molecule has 18 nitrogen and oxygen atoms in total. The van der Waals surface area contributed by atoms with Gasteiger partial charge in [0.2, 0.25) is 23.6 Å². The summed E-state index contributed by atoms with van der Waals surface area (Å²) >= 11 is 1.02. The number of aromatic amines is 1. The predicted molar refractivity (Wildman–Crippen MR) is 260 cm³/mol. The van der Waals surface area contributed by atoms with Crippen LogP contribution in [0.2, 0.25) is 0 Å². The number of hydrogen-bond acceptors (Lipinski definition) is 10. The standard InChI is InChI=1S/C50H53F2N8O10PS/c51-50(52,71(68,69)70)31-1-7-40-29(18-31)21-41(72-40)45(64)53-36-20-28-17-27(28)19-34-3-5-39(59(34)46(36)65)47(66)58-25-30(24-49(58)12-13-49)26-9-16-57(43(62)22-26)32-10-14-56(15-11-32)33-2-4-37-35(23-33)54-48(67)60(37)38-6-8-42(61)55-44(38)63/h1-2,4,7,9,16,18,21-23,27-28,30,32,34,36,38-39H,3,5-6,8,10-15,17,19-20,24-25H2,(H,53,64)(H,54,67)(H,55,61,63)(H2,68,69,70)/t27-,28+,30+,34-,36+,38?,39+/m1/s1. The fourth-order valence-corrected chi connectivity index (χ4v) is 14.2. The van der Waals surface area contributed by atoms with Gasteiger partial charge in [0, 0.05) is 77.8 Å². The normalized spacial score (nSPS) is 27.5. The number of fused-ring (bicyclic) bond motifs is 4. The first-order chi connectivity index (χ1) is 34.4. The summed E-state index contributed by atoms with van der Waals surface area (Å²) in [5.41, 5.74) is -3.18. The third kappa shape index (κ3) is 8.01. The van der Waals surface area contributed by atoms with Crippen LogP contribution in [0.5, 0.6) is 0 Å². The van der Waals surface area contributed by atoms with Crippen molar-refractivity contribution in [1.29, 1.82) is 0 Å². The Morgan fingerprint density at radius 2 is 1.65 bits per heavy atom. The van der Waals surface area contributed by atoms with E-state index >= 15 is 0 Å². The van der Waals surface area contributed by atoms with Crippen molar-refractivity contribution >= 4 is 75.3 Å². The lowest BCUT2D eigenvalue weighted by Crippen LogP contribution is -2.57. The molecule has 72 heavy (non-hydrogen) atoms. The monoisotopic (exact) mass is 1030 g/mol. The van der Waals surface area contributed by atoms with E-state index in [0.29, 0.717) is 79.8 Å². The molecule has 3 aromatic heterocycles. The molecule has 5 N–H and O–H groups in total. The molecule has 7 aliphatic rings. The fourth-order valence-electron chi connectivity index (χ4n) is 12.8. The van der Waals surface area contributed by atoms with Gasteiger partial charge in [0.15, 0.2) is 0 Å². The van der Waals surface area contributed by atoms with E-state index in [9.17, 15) is 56.7 Å². The number of H-pyrrole nitrogens is 1. The number of hydrogen-bond donors (Lipinski definition) is 5. The van der Waals surface area contributed by atoms with Crippen molar-refractivity contribution in [1.82, 2.24) is 34.6 Å². The van der Waals surface area contributed by atoms with Crippen LogP contribution >= 0.6 is 18.9 Å². The summed E-state index contributed by atoms with van der Waals surface area (Å²) in [4.78, 5) is 122. The molecule has 378 valence electrons. The third-order valence-electron chi connectivity index (χ3n) is 16.9. The number of anilines is 1. The van der Waals surface area contributed by atoms with Gasteiger partial charge in [-0.2, -0.15) is 8.78 Å². The van der Waals surface area contributed by atoms with E-state index in [1.807, 2.05) is 35.4 Å². The van der Waals surface area contributed by atoms with Gasteiger partial charge < -0.3 is 39.4 Å². The summed E-state index contributed by atoms with van der Waals surface area (Å²) in [7, 11) is -5.81. The molecule has 2 aromatic carbocycles. The summed E-state index contributed by atoms with van der Waals surface area (Å²) in [5, 5.41) is 5.45. The maximum atomic E-state index is 14.8. The Morgan fingerprint density at radius 1 is 0.875 bits per heavy atom. The van der Waals surface area contributed by atoms with Crippen molar-refractivity contribution in [2.24, 2.45) is 11.8 Å². The van der Waals surface area contributed by atoms with Gasteiger partial charge in [0.25, 0.3) is 11.5 Å². The molecule has 1 spiro atoms. The predicted octanol–water partition coefficient (Wildman–Crippen LogP) is 5.19. The zero-order valence-corrected chi connectivity index (χ0v) is 40.7. The lowest BCUT2D eigenvalue weighted by atomic mass is 9.96. The zero-order valence-electron chi connectivity index (χ0n) is 39.0. The van der Waals surface area contributed by atoms with Crippen molar-refractivity contribution in [3.8, 4) is 0 Å². The number of imidazole rings is 1. The molecule has 7 atom stereocenters. The summed E-state index contributed by atoms with van der Waals surface area (Å²) < 4.78 is 44.3. The summed E-state index contributed by atoms with van der Waals surface area (Å²) in [6, 6.07) is 11.3. The van der Waals surface area contributed by atoms with Crippen molar-refractivity contribution < 1.29 is 47.1 Å². The van der Waals surface area contributed by atoms with E-state index in [-0.39, 0.29) is 75.8 Å². The molecular weight excluding hydrogens is 974 g/mol. The number of likely N-dealkylation sites (tertiary alicyclic amines) is 1. The summed E-state index contributed by atoms with van der Waals surface area (Å²) in [6.07, 6.45) is 9.38. The Morgan fingerprint density at radius 3 is 2.39 bits per heavy atom. The molecule has 1 unspecified atom stereocenters. The van der Waals surface area contributed by atoms with Crippen LogP contribution in [0.15, 0.2) is 70.4 Å². The molecule has 5 saturated heterocycles. The second kappa shape index (κ2) is 17.0. The number of piperidine rings is 2. The quantitative estimate of drug-likeness (QED) is 0.0952. The minimum atomic E-state index is -5.81. The van der Waals surface area contributed by atoms with E-state index < -0.39 is 54.5 Å². The molecule has 5 amide bonds. The Balaban J connectivity index is 0.704. The summed E-state index contributed by atoms with van der Waals surface area (Å²) in [6.45, 7) is 1.77. The number of pyridine rings is 1. The van der Waals surface area contributed by atoms with E-state index in [2.05, 4.69) is 20.5 Å². The average molecular weight is 1030 g/mol. The molecule has 0 radical (unpaired) electrons. The molecule has 5 aliphatic heterocycles. The number of carbonyl (C=O) groups is 5. The second-order valence-corrected chi connectivity index (χ2v) is 23.9. The van der Waals surface area contributed by atoms with Crippen LogP contribution in [-0.2, 0) is 29.4 Å². The maximum Gasteiger partial charge on any atom is 0.399 e. The Hall–Kier alpha value is -6.02. The highest BCUT2D eigenvalue weighted by atomic mass is 32.1. The largest absolute Gasteiger partial charge is 0.399 e. The van der Waals surface area contributed by atoms with Crippen LogP contribution in [-0.4, -0.2) is 107 Å². The smallest absolute Gasteiger partial charge is 0.371 e.